The van der Waals surface area contributed by atoms with Crippen LogP contribution in [0, 0.1) is 0 Å². The minimum absolute atomic E-state index is 0.114. The molecule has 0 bridgehead atoms. The molecule has 1 aromatic carbocycles. The number of rotatable bonds is 7. The molecule has 1 saturated carbocycles. The number of unbranched alkanes of at least 4 members (excludes halogenated alkanes) is 1. The fourth-order valence-corrected chi connectivity index (χ4v) is 2.32. The van der Waals surface area contributed by atoms with Crippen molar-refractivity contribution in [1.29, 1.82) is 0 Å². The first-order chi connectivity index (χ1) is 9.61. The molecule has 1 aliphatic carbocycles. The molecular weight excluding hydrogens is 254 g/mol. The number of nitrogens with zero attached hydrogens (tertiary/aromatic N) is 1. The van der Waals surface area contributed by atoms with Crippen molar-refractivity contribution >= 4 is 11.9 Å². The van der Waals surface area contributed by atoms with Gasteiger partial charge in [0.1, 0.15) is 0 Å². The minimum atomic E-state index is -0.954. The lowest BCUT2D eigenvalue weighted by Gasteiger charge is -2.22. The zero-order valence-corrected chi connectivity index (χ0v) is 11.8. The van der Waals surface area contributed by atoms with E-state index in [1.54, 1.807) is 18.2 Å². The molecule has 20 heavy (non-hydrogen) atoms. The van der Waals surface area contributed by atoms with Crippen LogP contribution in [0.2, 0.25) is 0 Å². The van der Waals surface area contributed by atoms with Crippen molar-refractivity contribution in [3.05, 3.63) is 35.4 Å². The number of hydrogen-bond donors (Lipinski definition) is 1. The van der Waals surface area contributed by atoms with Gasteiger partial charge < -0.3 is 10.0 Å². The summed E-state index contributed by atoms with van der Waals surface area (Å²) in [6.07, 6.45) is 4.60. The van der Waals surface area contributed by atoms with Crippen LogP contribution in [-0.4, -0.2) is 34.5 Å². The number of carboxylic acids is 1. The number of hydrogen-bond acceptors (Lipinski definition) is 2. The SMILES string of the molecule is CCCCN(C(=O)Cc1cccc(C(=O)O)c1)C1CC1. The van der Waals surface area contributed by atoms with Crippen molar-refractivity contribution < 1.29 is 14.7 Å². The Morgan fingerprint density at radius 1 is 1.35 bits per heavy atom. The molecule has 0 radical (unpaired) electrons. The van der Waals surface area contributed by atoms with Crippen molar-refractivity contribution in [3.8, 4) is 0 Å². The Bertz CT molecular complexity index is 494. The average Bonchev–Trinajstić information content (AvgIpc) is 3.24. The van der Waals surface area contributed by atoms with Gasteiger partial charge in [-0.25, -0.2) is 4.79 Å². The molecule has 1 aliphatic rings. The Labute approximate surface area is 119 Å². The van der Waals surface area contributed by atoms with Gasteiger partial charge in [0.05, 0.1) is 12.0 Å². The van der Waals surface area contributed by atoms with E-state index in [9.17, 15) is 9.59 Å². The number of benzene rings is 1. The molecule has 1 fully saturated rings. The summed E-state index contributed by atoms with van der Waals surface area (Å²) in [4.78, 5) is 25.3. The normalized spacial score (nSPS) is 14.1. The van der Waals surface area contributed by atoms with Gasteiger partial charge in [-0.3, -0.25) is 4.79 Å². The Balaban J connectivity index is 2.01. The molecule has 2 rings (SSSR count). The van der Waals surface area contributed by atoms with Crippen LogP contribution in [-0.2, 0) is 11.2 Å². The van der Waals surface area contributed by atoms with Gasteiger partial charge >= 0.3 is 5.97 Å². The van der Waals surface area contributed by atoms with Gasteiger partial charge in [0, 0.05) is 12.6 Å². The van der Waals surface area contributed by atoms with Gasteiger partial charge in [-0.2, -0.15) is 0 Å². The van der Waals surface area contributed by atoms with E-state index in [0.717, 1.165) is 37.8 Å². The average molecular weight is 275 g/mol. The van der Waals surface area contributed by atoms with E-state index in [4.69, 9.17) is 5.11 Å². The van der Waals surface area contributed by atoms with Crippen LogP contribution in [0.15, 0.2) is 24.3 Å². The number of carbonyl (C=O) groups is 2. The van der Waals surface area contributed by atoms with E-state index >= 15 is 0 Å². The second kappa shape index (κ2) is 6.55. The highest BCUT2D eigenvalue weighted by Gasteiger charge is 2.31. The molecule has 1 amide bonds. The van der Waals surface area contributed by atoms with Gasteiger partial charge in [0.25, 0.3) is 0 Å². The van der Waals surface area contributed by atoms with Crippen LogP contribution < -0.4 is 0 Å². The van der Waals surface area contributed by atoms with Gasteiger partial charge in [0.15, 0.2) is 0 Å². The van der Waals surface area contributed by atoms with Crippen LogP contribution in [0.5, 0.6) is 0 Å². The molecule has 0 heterocycles. The van der Waals surface area contributed by atoms with Crippen molar-refractivity contribution in [2.24, 2.45) is 0 Å². The zero-order valence-electron chi connectivity index (χ0n) is 11.8. The van der Waals surface area contributed by atoms with Crippen molar-refractivity contribution in [2.45, 2.75) is 45.1 Å². The van der Waals surface area contributed by atoms with Crippen molar-refractivity contribution in [3.63, 3.8) is 0 Å². The predicted octanol–water partition coefficient (Wildman–Crippen LogP) is 2.72. The summed E-state index contributed by atoms with van der Waals surface area (Å²) in [5.41, 5.74) is 1.01. The lowest BCUT2D eigenvalue weighted by molar-refractivity contribution is -0.131. The quantitative estimate of drug-likeness (QED) is 0.832. The fraction of sp³-hybridized carbons (Fsp3) is 0.500. The Hall–Kier alpha value is -1.84. The molecule has 1 N–H and O–H groups in total. The predicted molar refractivity (Wildman–Crippen MR) is 76.7 cm³/mol. The van der Waals surface area contributed by atoms with E-state index in [1.807, 2.05) is 11.0 Å². The maximum atomic E-state index is 12.4. The Morgan fingerprint density at radius 3 is 2.70 bits per heavy atom. The molecule has 0 aliphatic heterocycles. The standard InChI is InChI=1S/C16H21NO3/c1-2-3-9-17(14-7-8-14)15(18)11-12-5-4-6-13(10-12)16(19)20/h4-6,10,14H,2-3,7-9,11H2,1H3,(H,19,20). The molecule has 0 saturated heterocycles. The second-order valence-corrected chi connectivity index (χ2v) is 5.35. The van der Waals surface area contributed by atoms with Crippen LogP contribution in [0.25, 0.3) is 0 Å². The van der Waals surface area contributed by atoms with Gasteiger partial charge in [-0.15, -0.1) is 0 Å². The topological polar surface area (TPSA) is 57.6 Å². The highest BCUT2D eigenvalue weighted by molar-refractivity contribution is 5.88. The smallest absolute Gasteiger partial charge is 0.335 e. The number of carboxylic acid groups (broad SMARTS) is 1. The lowest BCUT2D eigenvalue weighted by atomic mass is 10.1. The second-order valence-electron chi connectivity index (χ2n) is 5.35. The van der Waals surface area contributed by atoms with Crippen LogP contribution >= 0.6 is 0 Å². The van der Waals surface area contributed by atoms with Crippen LogP contribution in [0.3, 0.4) is 0 Å². The summed E-state index contributed by atoms with van der Waals surface area (Å²) in [6.45, 7) is 2.94. The third-order valence-corrected chi connectivity index (χ3v) is 3.59. The van der Waals surface area contributed by atoms with Crippen molar-refractivity contribution in [1.82, 2.24) is 4.90 Å². The summed E-state index contributed by atoms with van der Waals surface area (Å²) < 4.78 is 0. The highest BCUT2D eigenvalue weighted by Crippen LogP contribution is 2.27. The Kier molecular flexibility index (Phi) is 4.77. The van der Waals surface area contributed by atoms with E-state index in [2.05, 4.69) is 6.92 Å². The summed E-state index contributed by atoms with van der Waals surface area (Å²) in [6, 6.07) is 7.06. The maximum absolute atomic E-state index is 12.4. The number of carbonyl (C=O) groups excluding carboxylic acids is 1. The molecule has 1 aromatic rings. The summed E-state index contributed by atoms with van der Waals surface area (Å²) in [5.74, 6) is -0.840. The minimum Gasteiger partial charge on any atom is -0.478 e. The lowest BCUT2D eigenvalue weighted by Crippen LogP contribution is -2.35. The molecule has 0 atom stereocenters. The first-order valence-corrected chi connectivity index (χ1v) is 7.23. The molecule has 0 unspecified atom stereocenters. The molecule has 0 spiro atoms. The highest BCUT2D eigenvalue weighted by atomic mass is 16.4. The van der Waals surface area contributed by atoms with E-state index in [0.29, 0.717) is 12.5 Å². The van der Waals surface area contributed by atoms with Crippen LogP contribution in [0.1, 0.15) is 48.5 Å². The van der Waals surface area contributed by atoms with E-state index in [-0.39, 0.29) is 11.5 Å². The zero-order chi connectivity index (χ0) is 14.5. The molecule has 108 valence electrons. The summed E-state index contributed by atoms with van der Waals surface area (Å²) >= 11 is 0. The monoisotopic (exact) mass is 275 g/mol. The van der Waals surface area contributed by atoms with E-state index in [1.165, 1.54) is 0 Å². The fourth-order valence-electron chi connectivity index (χ4n) is 2.32. The first kappa shape index (κ1) is 14.6. The molecular formula is C16H21NO3. The number of aromatic carboxylic acids is 1. The maximum Gasteiger partial charge on any atom is 0.335 e. The van der Waals surface area contributed by atoms with Crippen LogP contribution in [0.4, 0.5) is 0 Å². The van der Waals surface area contributed by atoms with Gasteiger partial charge in [-0.1, -0.05) is 25.5 Å². The number of amides is 1. The third-order valence-electron chi connectivity index (χ3n) is 3.59. The van der Waals surface area contributed by atoms with Crippen molar-refractivity contribution in [2.75, 3.05) is 6.54 Å². The Morgan fingerprint density at radius 2 is 2.10 bits per heavy atom. The largest absolute Gasteiger partial charge is 0.478 e. The summed E-state index contributed by atoms with van der Waals surface area (Å²) in [7, 11) is 0. The molecule has 0 aromatic heterocycles. The molecule has 4 nitrogen and oxygen atoms in total. The van der Waals surface area contributed by atoms with Gasteiger partial charge in [0.2, 0.25) is 5.91 Å². The van der Waals surface area contributed by atoms with E-state index < -0.39 is 5.97 Å². The van der Waals surface area contributed by atoms with Gasteiger partial charge in [-0.05, 0) is 37.0 Å². The summed E-state index contributed by atoms with van der Waals surface area (Å²) in [5, 5.41) is 8.97. The third kappa shape index (κ3) is 3.83. The molecule has 4 heteroatoms. The first-order valence-electron chi connectivity index (χ1n) is 7.23.